The maximum absolute atomic E-state index is 13.3. The normalized spacial score (nSPS) is 15.5. The van der Waals surface area contributed by atoms with Crippen molar-refractivity contribution < 1.29 is 17.7 Å². The number of piperazine rings is 1. The maximum Gasteiger partial charge on any atom is 0.241 e. The SMILES string of the molecule is Cc1ccc(S(=O)(=O)N[C@@H](C(=O)N2CCN(c3ccc(-c4noc(C)n4)cc3)CC2)C(C)C)cc1. The molecule has 0 bridgehead atoms. The lowest BCUT2D eigenvalue weighted by molar-refractivity contribution is -0.134. The predicted molar refractivity (Wildman–Crippen MR) is 133 cm³/mol. The van der Waals surface area contributed by atoms with Gasteiger partial charge < -0.3 is 14.3 Å². The van der Waals surface area contributed by atoms with Gasteiger partial charge in [0.2, 0.25) is 27.6 Å². The number of nitrogens with zero attached hydrogens (tertiary/aromatic N) is 4. The van der Waals surface area contributed by atoms with E-state index >= 15 is 0 Å². The Morgan fingerprint density at radius 2 is 1.60 bits per heavy atom. The monoisotopic (exact) mass is 497 g/mol. The lowest BCUT2D eigenvalue weighted by Gasteiger charge is -2.38. The highest BCUT2D eigenvalue weighted by Crippen LogP contribution is 2.23. The van der Waals surface area contributed by atoms with E-state index in [9.17, 15) is 13.2 Å². The topological polar surface area (TPSA) is 109 Å². The second kappa shape index (κ2) is 10.2. The van der Waals surface area contributed by atoms with Gasteiger partial charge in [-0.25, -0.2) is 8.42 Å². The third-order valence-electron chi connectivity index (χ3n) is 6.16. The smallest absolute Gasteiger partial charge is 0.241 e. The minimum absolute atomic E-state index is 0.158. The molecule has 0 radical (unpaired) electrons. The van der Waals surface area contributed by atoms with Crippen LogP contribution in [0.5, 0.6) is 0 Å². The van der Waals surface area contributed by atoms with Crippen molar-refractivity contribution in [3.8, 4) is 11.4 Å². The Labute approximate surface area is 206 Å². The number of benzene rings is 2. The summed E-state index contributed by atoms with van der Waals surface area (Å²) in [6.45, 7) is 9.69. The zero-order chi connectivity index (χ0) is 25.2. The van der Waals surface area contributed by atoms with Gasteiger partial charge in [-0.15, -0.1) is 0 Å². The van der Waals surface area contributed by atoms with Crippen LogP contribution in [0.1, 0.15) is 25.3 Å². The number of carbonyl (C=O) groups excluding carboxylic acids is 1. The molecule has 4 rings (SSSR count). The van der Waals surface area contributed by atoms with E-state index in [1.807, 2.05) is 45.0 Å². The number of aromatic nitrogens is 2. The molecule has 1 atom stereocenters. The molecule has 1 amide bonds. The minimum atomic E-state index is -3.81. The Kier molecular flexibility index (Phi) is 7.23. The Morgan fingerprint density at radius 3 is 2.14 bits per heavy atom. The summed E-state index contributed by atoms with van der Waals surface area (Å²) in [5.74, 6) is 0.684. The minimum Gasteiger partial charge on any atom is -0.368 e. The van der Waals surface area contributed by atoms with Crippen LogP contribution >= 0.6 is 0 Å². The Bertz CT molecular complexity index is 1260. The molecule has 0 aliphatic carbocycles. The first-order valence-corrected chi connectivity index (χ1v) is 13.2. The third-order valence-corrected chi connectivity index (χ3v) is 7.61. The number of sulfonamides is 1. The van der Waals surface area contributed by atoms with Crippen molar-refractivity contribution in [2.75, 3.05) is 31.1 Å². The van der Waals surface area contributed by atoms with E-state index in [1.165, 1.54) is 0 Å². The van der Waals surface area contributed by atoms with E-state index in [4.69, 9.17) is 4.52 Å². The van der Waals surface area contributed by atoms with Crippen molar-refractivity contribution in [1.82, 2.24) is 19.8 Å². The predicted octanol–water partition coefficient (Wildman–Crippen LogP) is 3.01. The van der Waals surface area contributed by atoms with E-state index in [1.54, 1.807) is 36.1 Å². The number of hydrogen-bond donors (Lipinski definition) is 1. The summed E-state index contributed by atoms with van der Waals surface area (Å²) >= 11 is 0. The fraction of sp³-hybridized carbons (Fsp3) is 0.400. The Morgan fingerprint density at radius 1 is 0.971 bits per heavy atom. The van der Waals surface area contributed by atoms with Gasteiger partial charge in [0.1, 0.15) is 6.04 Å². The van der Waals surface area contributed by atoms with Gasteiger partial charge in [-0.3, -0.25) is 4.79 Å². The highest BCUT2D eigenvalue weighted by molar-refractivity contribution is 7.89. The van der Waals surface area contributed by atoms with Crippen LogP contribution in [0.3, 0.4) is 0 Å². The van der Waals surface area contributed by atoms with Gasteiger partial charge in [-0.1, -0.05) is 36.7 Å². The molecule has 0 saturated carbocycles. The zero-order valence-corrected chi connectivity index (χ0v) is 21.2. The molecule has 1 aliphatic heterocycles. The average molecular weight is 498 g/mol. The van der Waals surface area contributed by atoms with Gasteiger partial charge in [-0.05, 0) is 49.2 Å². The summed E-state index contributed by atoms with van der Waals surface area (Å²) < 4.78 is 33.5. The van der Waals surface area contributed by atoms with Gasteiger partial charge in [-0.2, -0.15) is 9.71 Å². The highest BCUT2D eigenvalue weighted by Gasteiger charge is 2.33. The van der Waals surface area contributed by atoms with Crippen LogP contribution in [0.15, 0.2) is 57.9 Å². The van der Waals surface area contributed by atoms with Gasteiger partial charge in [0.15, 0.2) is 0 Å². The standard InChI is InChI=1S/C25H31N5O4S/c1-17(2)23(28-35(32,33)22-11-5-18(3)6-12-22)25(31)30-15-13-29(14-16-30)21-9-7-20(8-10-21)24-26-19(4)34-27-24/h5-12,17,23,28H,13-16H2,1-4H3/t23-/m1/s1. The van der Waals surface area contributed by atoms with E-state index in [2.05, 4.69) is 19.8 Å². The van der Waals surface area contributed by atoms with Crippen LogP contribution in [0, 0.1) is 19.8 Å². The van der Waals surface area contributed by atoms with Crippen LogP contribution < -0.4 is 9.62 Å². The van der Waals surface area contributed by atoms with E-state index in [0.29, 0.717) is 37.9 Å². The molecule has 2 heterocycles. The first kappa shape index (κ1) is 24.9. The first-order chi connectivity index (χ1) is 16.6. The average Bonchev–Trinajstić information content (AvgIpc) is 3.29. The van der Waals surface area contributed by atoms with Crippen LogP contribution in [0.2, 0.25) is 0 Å². The first-order valence-electron chi connectivity index (χ1n) is 11.7. The van der Waals surface area contributed by atoms with E-state index in [-0.39, 0.29) is 16.7 Å². The second-order valence-corrected chi connectivity index (χ2v) is 10.9. The Balaban J connectivity index is 1.39. The summed E-state index contributed by atoms with van der Waals surface area (Å²) in [6, 6.07) is 13.7. The van der Waals surface area contributed by atoms with Gasteiger partial charge in [0.05, 0.1) is 4.90 Å². The summed E-state index contributed by atoms with van der Waals surface area (Å²) in [5, 5.41) is 3.94. The molecule has 0 unspecified atom stereocenters. The third kappa shape index (κ3) is 5.71. The molecule has 1 fully saturated rings. The van der Waals surface area contributed by atoms with Crippen LogP contribution in [0.4, 0.5) is 5.69 Å². The summed E-state index contributed by atoms with van der Waals surface area (Å²) in [5.41, 5.74) is 2.89. The molecule has 186 valence electrons. The van der Waals surface area contributed by atoms with Crippen molar-refractivity contribution in [3.63, 3.8) is 0 Å². The lowest BCUT2D eigenvalue weighted by Crippen LogP contribution is -2.56. The molecular weight excluding hydrogens is 466 g/mol. The molecule has 2 aromatic carbocycles. The quantitative estimate of drug-likeness (QED) is 0.534. The number of aryl methyl sites for hydroxylation is 2. The molecule has 1 aliphatic rings. The second-order valence-electron chi connectivity index (χ2n) is 9.15. The van der Waals surface area contributed by atoms with Crippen LogP contribution in [-0.2, 0) is 14.8 Å². The van der Waals surface area contributed by atoms with Gasteiger partial charge >= 0.3 is 0 Å². The number of amides is 1. The molecule has 1 N–H and O–H groups in total. The zero-order valence-electron chi connectivity index (χ0n) is 20.4. The molecule has 9 nitrogen and oxygen atoms in total. The summed E-state index contributed by atoms with van der Waals surface area (Å²) in [6.07, 6.45) is 0. The fourth-order valence-corrected chi connectivity index (χ4v) is 5.38. The highest BCUT2D eigenvalue weighted by atomic mass is 32.2. The number of rotatable bonds is 7. The largest absolute Gasteiger partial charge is 0.368 e. The van der Waals surface area contributed by atoms with Crippen molar-refractivity contribution in [1.29, 1.82) is 0 Å². The van der Waals surface area contributed by atoms with E-state index < -0.39 is 16.1 Å². The van der Waals surface area contributed by atoms with Gasteiger partial charge in [0.25, 0.3) is 0 Å². The maximum atomic E-state index is 13.3. The van der Waals surface area contributed by atoms with Gasteiger partial charge in [0, 0.05) is 44.4 Å². The molecule has 3 aromatic rings. The molecule has 35 heavy (non-hydrogen) atoms. The van der Waals surface area contributed by atoms with Crippen molar-refractivity contribution >= 4 is 21.6 Å². The van der Waals surface area contributed by atoms with Crippen molar-refractivity contribution in [3.05, 3.63) is 60.0 Å². The molecule has 0 spiro atoms. The summed E-state index contributed by atoms with van der Waals surface area (Å²) in [7, 11) is -3.81. The van der Waals surface area contributed by atoms with Crippen molar-refractivity contribution in [2.24, 2.45) is 5.92 Å². The van der Waals surface area contributed by atoms with Crippen LogP contribution in [0.25, 0.3) is 11.4 Å². The number of hydrogen-bond acceptors (Lipinski definition) is 7. The fourth-order valence-electron chi connectivity index (χ4n) is 4.04. The van der Waals surface area contributed by atoms with E-state index in [0.717, 1.165) is 16.8 Å². The lowest BCUT2D eigenvalue weighted by atomic mass is 10.0. The molecule has 1 saturated heterocycles. The van der Waals surface area contributed by atoms with Crippen LogP contribution in [-0.4, -0.2) is 61.6 Å². The molecule has 10 heteroatoms. The molecular formula is C25H31N5O4S. The number of anilines is 1. The van der Waals surface area contributed by atoms with Crippen molar-refractivity contribution in [2.45, 2.75) is 38.6 Å². The number of carbonyl (C=O) groups is 1. The summed E-state index contributed by atoms with van der Waals surface area (Å²) in [4.78, 5) is 21.7. The number of nitrogens with one attached hydrogen (secondary N) is 1. The Hall–Kier alpha value is -3.24. The molecule has 1 aromatic heterocycles.